The lowest BCUT2D eigenvalue weighted by atomic mass is 10.0. The van der Waals surface area contributed by atoms with Crippen LogP contribution >= 0.6 is 0 Å². The molecule has 0 aliphatic rings. The van der Waals surface area contributed by atoms with E-state index in [1.54, 1.807) is 4.57 Å². The molecule has 0 fully saturated rings. The van der Waals surface area contributed by atoms with Gasteiger partial charge in [0.2, 0.25) is 5.82 Å². The summed E-state index contributed by atoms with van der Waals surface area (Å²) in [6, 6.07) is 2.00. The summed E-state index contributed by atoms with van der Waals surface area (Å²) < 4.78 is 1.67. The van der Waals surface area contributed by atoms with E-state index in [1.165, 1.54) is 6.33 Å². The van der Waals surface area contributed by atoms with Crippen LogP contribution in [-0.2, 0) is 12.9 Å². The van der Waals surface area contributed by atoms with Crippen LogP contribution in [0.5, 0.6) is 0 Å². The van der Waals surface area contributed by atoms with Gasteiger partial charge in [0.1, 0.15) is 0 Å². The predicted molar refractivity (Wildman–Crippen MR) is 47.4 cm³/mol. The molecule has 0 saturated carbocycles. The summed E-state index contributed by atoms with van der Waals surface area (Å²) in [5.74, 6) is 0.112. The zero-order valence-corrected chi connectivity index (χ0v) is 6.97. The number of rotatable bonds is 4. The van der Waals surface area contributed by atoms with Crippen LogP contribution in [-0.4, -0.2) is 17.4 Å². The number of hydrogen-bond donors (Lipinski definition) is 0. The topological polar surface area (TPSA) is 71.0 Å². The summed E-state index contributed by atoms with van der Waals surface area (Å²) in [5, 5.41) is 11.1. The van der Waals surface area contributed by atoms with Crippen molar-refractivity contribution in [3.8, 4) is 6.07 Å². The van der Waals surface area contributed by atoms with E-state index in [9.17, 15) is 4.91 Å². The van der Waals surface area contributed by atoms with Gasteiger partial charge in [-0.1, -0.05) is 0 Å². The van der Waals surface area contributed by atoms with E-state index < -0.39 is 0 Å². The van der Waals surface area contributed by atoms with Gasteiger partial charge < -0.3 is 4.57 Å². The minimum Gasteiger partial charge on any atom is -0.332 e. The van der Waals surface area contributed by atoms with Gasteiger partial charge in [-0.25, -0.2) is 4.98 Å². The molecule has 0 spiro atoms. The van der Waals surface area contributed by atoms with E-state index in [1.807, 2.05) is 6.07 Å². The molecule has 0 N–H and O–H groups in total. The molecular formula is C7H7BN4O. The second-order valence-corrected chi connectivity index (χ2v) is 2.41. The van der Waals surface area contributed by atoms with E-state index >= 15 is 0 Å². The van der Waals surface area contributed by atoms with Gasteiger partial charge >= 0.3 is 0 Å². The number of imidazole rings is 1. The van der Waals surface area contributed by atoms with Gasteiger partial charge in [0.25, 0.3) is 0 Å². The van der Waals surface area contributed by atoms with Crippen molar-refractivity contribution in [3.05, 3.63) is 16.9 Å². The molecule has 6 heteroatoms. The van der Waals surface area contributed by atoms with Crippen molar-refractivity contribution in [2.45, 2.75) is 19.3 Å². The summed E-state index contributed by atoms with van der Waals surface area (Å²) >= 11 is 0. The Hall–Kier alpha value is -1.64. The zero-order chi connectivity index (χ0) is 9.68. The monoisotopic (exact) mass is 174 g/mol. The molecule has 1 aromatic rings. The number of nitriles is 1. The number of nitroso groups, excluding NO2 is 1. The highest BCUT2D eigenvalue weighted by molar-refractivity contribution is 6.08. The molecule has 0 atom stereocenters. The van der Waals surface area contributed by atoms with Crippen molar-refractivity contribution < 1.29 is 0 Å². The Balaban J connectivity index is 2.88. The normalized spacial score (nSPS) is 9.46. The Kier molecular flexibility index (Phi) is 3.20. The quantitative estimate of drug-likeness (QED) is 0.501. The maximum atomic E-state index is 10.2. The smallest absolute Gasteiger partial charge is 0.216 e. The van der Waals surface area contributed by atoms with Crippen LogP contribution in [0.25, 0.3) is 0 Å². The average Bonchev–Trinajstić information content (AvgIpc) is 2.56. The highest BCUT2D eigenvalue weighted by Crippen LogP contribution is 2.16. The van der Waals surface area contributed by atoms with Crippen LogP contribution in [0.3, 0.4) is 0 Å². The molecule has 0 aromatic carbocycles. The molecule has 64 valence electrons. The highest BCUT2D eigenvalue weighted by atomic mass is 16.3. The largest absolute Gasteiger partial charge is 0.332 e. The standard InChI is InChI=1S/C7H7BN4O/c8-4-6-7(11-13)10-5-12(6)3-1-2-9/h5H,1,3-4H2. The molecular weight excluding hydrogens is 167 g/mol. The second-order valence-electron chi connectivity index (χ2n) is 2.41. The van der Waals surface area contributed by atoms with Crippen LogP contribution in [0.15, 0.2) is 11.5 Å². The molecule has 0 aliphatic heterocycles. The molecule has 13 heavy (non-hydrogen) atoms. The molecule has 0 aliphatic carbocycles. The van der Waals surface area contributed by atoms with Crippen molar-refractivity contribution >= 4 is 13.7 Å². The SMILES string of the molecule is [B]Cc1c(N=O)ncn1CCC#N. The summed E-state index contributed by atoms with van der Waals surface area (Å²) in [5.41, 5.74) is 0.574. The van der Waals surface area contributed by atoms with Gasteiger partial charge in [0, 0.05) is 6.54 Å². The maximum absolute atomic E-state index is 10.2. The van der Waals surface area contributed by atoms with Crippen molar-refractivity contribution in [2.24, 2.45) is 5.18 Å². The minimum atomic E-state index is 0.112. The minimum absolute atomic E-state index is 0.112. The fourth-order valence-electron chi connectivity index (χ4n) is 1.04. The van der Waals surface area contributed by atoms with Crippen molar-refractivity contribution in [3.63, 3.8) is 0 Å². The van der Waals surface area contributed by atoms with Gasteiger partial charge in [-0.2, -0.15) is 5.26 Å². The van der Waals surface area contributed by atoms with Crippen molar-refractivity contribution in [1.82, 2.24) is 9.55 Å². The van der Waals surface area contributed by atoms with E-state index in [0.717, 1.165) is 0 Å². The molecule has 0 bridgehead atoms. The third-order valence-electron chi connectivity index (χ3n) is 1.67. The average molecular weight is 174 g/mol. The zero-order valence-electron chi connectivity index (χ0n) is 6.97. The Bertz CT molecular complexity index is 341. The van der Waals surface area contributed by atoms with Gasteiger partial charge in [-0.05, 0) is 11.5 Å². The fraction of sp³-hybridized carbons (Fsp3) is 0.429. The van der Waals surface area contributed by atoms with Crippen LogP contribution in [0.4, 0.5) is 5.82 Å². The first kappa shape index (κ1) is 9.45. The first-order valence-corrected chi connectivity index (χ1v) is 3.77. The summed E-state index contributed by atoms with van der Waals surface area (Å²) in [6.45, 7) is 0.492. The van der Waals surface area contributed by atoms with E-state index in [4.69, 9.17) is 13.1 Å². The van der Waals surface area contributed by atoms with Gasteiger partial charge in [0.05, 0.1) is 32.4 Å². The molecule has 5 nitrogen and oxygen atoms in total. The molecule has 1 heterocycles. The summed E-state index contributed by atoms with van der Waals surface area (Å²) in [4.78, 5) is 14.0. The van der Waals surface area contributed by atoms with E-state index in [2.05, 4.69) is 10.2 Å². The van der Waals surface area contributed by atoms with E-state index in [-0.39, 0.29) is 12.1 Å². The number of nitrogens with zero attached hydrogens (tertiary/aromatic N) is 4. The van der Waals surface area contributed by atoms with Crippen LogP contribution in [0.2, 0.25) is 0 Å². The Morgan fingerprint density at radius 1 is 1.77 bits per heavy atom. The lowest BCUT2D eigenvalue weighted by Crippen LogP contribution is -2.01. The van der Waals surface area contributed by atoms with Crippen LogP contribution in [0, 0.1) is 16.2 Å². The van der Waals surface area contributed by atoms with Crippen LogP contribution in [0.1, 0.15) is 12.1 Å². The van der Waals surface area contributed by atoms with Crippen LogP contribution < -0.4 is 0 Å². The first-order chi connectivity index (χ1) is 6.33. The van der Waals surface area contributed by atoms with Gasteiger partial charge in [0.15, 0.2) is 0 Å². The molecule has 0 unspecified atom stereocenters. The number of aromatic nitrogens is 2. The number of aryl methyl sites for hydroxylation is 1. The Morgan fingerprint density at radius 2 is 2.54 bits per heavy atom. The third-order valence-corrected chi connectivity index (χ3v) is 1.67. The molecule has 1 rings (SSSR count). The summed E-state index contributed by atoms with van der Waals surface area (Å²) in [7, 11) is 5.40. The predicted octanol–water partition coefficient (Wildman–Crippen LogP) is 0.863. The highest BCUT2D eigenvalue weighted by Gasteiger charge is 2.08. The molecule has 0 saturated heterocycles. The van der Waals surface area contributed by atoms with E-state index in [0.29, 0.717) is 18.7 Å². The molecule has 2 radical (unpaired) electrons. The van der Waals surface area contributed by atoms with Gasteiger partial charge in [-0.3, -0.25) is 0 Å². The first-order valence-electron chi connectivity index (χ1n) is 3.77. The fourth-order valence-corrected chi connectivity index (χ4v) is 1.04. The third kappa shape index (κ3) is 1.93. The molecule has 0 amide bonds. The lowest BCUT2D eigenvalue weighted by Gasteiger charge is -2.02. The lowest BCUT2D eigenvalue weighted by molar-refractivity contribution is 0.691. The van der Waals surface area contributed by atoms with Crippen molar-refractivity contribution in [2.75, 3.05) is 0 Å². The maximum Gasteiger partial charge on any atom is 0.216 e. The van der Waals surface area contributed by atoms with Gasteiger partial charge in [-0.15, -0.1) is 4.91 Å². The molecule has 1 aromatic heterocycles. The summed E-state index contributed by atoms with van der Waals surface area (Å²) in [6.07, 6.45) is 2.03. The second kappa shape index (κ2) is 4.41. The Labute approximate surface area is 76.8 Å². The van der Waals surface area contributed by atoms with Crippen molar-refractivity contribution in [1.29, 1.82) is 5.26 Å². The Morgan fingerprint density at radius 3 is 3.08 bits per heavy atom. The number of hydrogen-bond acceptors (Lipinski definition) is 4.